The molecule has 0 aliphatic carbocycles. The molecule has 0 aliphatic heterocycles. The molecule has 0 unspecified atom stereocenters. The van der Waals surface area contributed by atoms with Crippen molar-refractivity contribution in [1.29, 1.82) is 0 Å². The predicted octanol–water partition coefficient (Wildman–Crippen LogP) is 2.20. The van der Waals surface area contributed by atoms with Crippen LogP contribution in [0.1, 0.15) is 90.9 Å². The van der Waals surface area contributed by atoms with Gasteiger partial charge in [0.25, 0.3) is 0 Å². The maximum atomic E-state index is 11.0. The van der Waals surface area contributed by atoms with E-state index in [1.54, 1.807) is 6.92 Å². The Bertz CT molecular complexity index is 354. The van der Waals surface area contributed by atoms with Crippen LogP contribution in [0.5, 0.6) is 0 Å². The number of allylic oxidation sites excluding steroid dienone is 1. The highest BCUT2D eigenvalue weighted by Crippen LogP contribution is 2.12. The quantitative estimate of drug-likeness (QED) is 0.251. The first-order valence-electron chi connectivity index (χ1n) is 10.2. The molecule has 4 heteroatoms. The number of carbonyl (C=O) groups excluding carboxylic acids is 1. The summed E-state index contributed by atoms with van der Waals surface area (Å²) in [6.45, 7) is 6.50. The molecule has 1 amide bonds. The third-order valence-corrected chi connectivity index (χ3v) is 4.92. The lowest BCUT2D eigenvalue weighted by Crippen LogP contribution is -3.00. The lowest BCUT2D eigenvalue weighted by Gasteiger charge is -2.29. The summed E-state index contributed by atoms with van der Waals surface area (Å²) in [5, 5.41) is 0. The fourth-order valence-electron chi connectivity index (χ4n) is 3.08. The van der Waals surface area contributed by atoms with Gasteiger partial charge < -0.3 is 22.6 Å². The number of halogens is 1. The van der Waals surface area contributed by atoms with E-state index < -0.39 is 0 Å². The standard InChI is InChI=1S/C21H42N2O.ClH/c1-5-6-7-8-9-10-11-12-13-15-18-23(3,4)19-16-14-17-20(2)21(22)24;/h17H,5-16,18-19H2,1-4H3,(H-,22,24);1H. The van der Waals surface area contributed by atoms with E-state index in [9.17, 15) is 4.79 Å². The summed E-state index contributed by atoms with van der Waals surface area (Å²) in [5.41, 5.74) is 5.93. The lowest BCUT2D eigenvalue weighted by molar-refractivity contribution is -0.890. The van der Waals surface area contributed by atoms with Crippen molar-refractivity contribution in [3.05, 3.63) is 11.6 Å². The summed E-state index contributed by atoms with van der Waals surface area (Å²) in [5.74, 6) is -0.297. The first kappa shape index (κ1) is 26.7. The molecule has 0 spiro atoms. The molecule has 0 aromatic rings. The van der Waals surface area contributed by atoms with Gasteiger partial charge in [0.05, 0.1) is 27.2 Å². The van der Waals surface area contributed by atoms with E-state index >= 15 is 0 Å². The number of hydrogen-bond donors (Lipinski definition) is 1. The van der Waals surface area contributed by atoms with Gasteiger partial charge in [-0.1, -0.05) is 64.4 Å². The van der Waals surface area contributed by atoms with Crippen LogP contribution in [-0.4, -0.2) is 37.6 Å². The van der Waals surface area contributed by atoms with Crippen molar-refractivity contribution >= 4 is 5.91 Å². The summed E-state index contributed by atoms with van der Waals surface area (Å²) in [7, 11) is 4.64. The molecule has 0 bridgehead atoms. The monoisotopic (exact) mass is 374 g/mol. The van der Waals surface area contributed by atoms with E-state index in [-0.39, 0.29) is 18.3 Å². The molecule has 2 N–H and O–H groups in total. The predicted molar refractivity (Wildman–Crippen MR) is 106 cm³/mol. The minimum absolute atomic E-state index is 0. The van der Waals surface area contributed by atoms with Crippen LogP contribution in [0.15, 0.2) is 11.6 Å². The first-order valence-corrected chi connectivity index (χ1v) is 10.2. The van der Waals surface area contributed by atoms with Gasteiger partial charge in [0.1, 0.15) is 0 Å². The molecule has 0 rings (SSSR count). The van der Waals surface area contributed by atoms with Crippen molar-refractivity contribution in [3.8, 4) is 0 Å². The van der Waals surface area contributed by atoms with Crippen LogP contribution in [0.2, 0.25) is 0 Å². The van der Waals surface area contributed by atoms with Crippen molar-refractivity contribution in [2.24, 2.45) is 5.73 Å². The van der Waals surface area contributed by atoms with Gasteiger partial charge >= 0.3 is 0 Å². The Labute approximate surface area is 163 Å². The van der Waals surface area contributed by atoms with E-state index in [2.05, 4.69) is 21.0 Å². The van der Waals surface area contributed by atoms with E-state index in [1.807, 2.05) is 6.08 Å². The van der Waals surface area contributed by atoms with Crippen molar-refractivity contribution in [2.45, 2.75) is 90.9 Å². The molecule has 0 aliphatic rings. The minimum Gasteiger partial charge on any atom is -1.00 e. The van der Waals surface area contributed by atoms with Crippen molar-refractivity contribution < 1.29 is 21.7 Å². The molecule has 0 radical (unpaired) electrons. The van der Waals surface area contributed by atoms with Gasteiger partial charge in [-0.2, -0.15) is 0 Å². The molecular weight excluding hydrogens is 332 g/mol. The summed E-state index contributed by atoms with van der Waals surface area (Å²) >= 11 is 0. The summed E-state index contributed by atoms with van der Waals surface area (Å²) in [6, 6.07) is 0. The first-order chi connectivity index (χ1) is 11.4. The number of unbranched alkanes of at least 4 members (excludes halogenated alkanes) is 10. The summed E-state index contributed by atoms with van der Waals surface area (Å²) < 4.78 is 1.08. The molecule has 0 saturated carbocycles. The molecule has 0 fully saturated rings. The van der Waals surface area contributed by atoms with Gasteiger partial charge in [-0.3, -0.25) is 4.79 Å². The molecule has 0 heterocycles. The Morgan fingerprint density at radius 2 is 1.28 bits per heavy atom. The molecule has 25 heavy (non-hydrogen) atoms. The second-order valence-corrected chi connectivity index (χ2v) is 7.96. The number of carbonyl (C=O) groups is 1. The number of nitrogens with two attached hydrogens (primary N) is 1. The zero-order valence-electron chi connectivity index (χ0n) is 17.3. The van der Waals surface area contributed by atoms with Gasteiger partial charge in [0, 0.05) is 12.0 Å². The Morgan fingerprint density at radius 1 is 0.840 bits per heavy atom. The Morgan fingerprint density at radius 3 is 1.76 bits per heavy atom. The second-order valence-electron chi connectivity index (χ2n) is 7.96. The van der Waals surface area contributed by atoms with Crippen LogP contribution < -0.4 is 18.1 Å². The lowest BCUT2D eigenvalue weighted by atomic mass is 10.1. The van der Waals surface area contributed by atoms with Crippen molar-refractivity contribution in [3.63, 3.8) is 0 Å². The van der Waals surface area contributed by atoms with Gasteiger partial charge in [-0.15, -0.1) is 0 Å². The fourth-order valence-corrected chi connectivity index (χ4v) is 3.08. The second kappa shape index (κ2) is 16.9. The molecule has 0 aromatic carbocycles. The number of primary amides is 1. The maximum absolute atomic E-state index is 11.0. The number of rotatable bonds is 16. The van der Waals surface area contributed by atoms with Crippen LogP contribution in [0.3, 0.4) is 0 Å². The number of hydrogen-bond acceptors (Lipinski definition) is 1. The van der Waals surface area contributed by atoms with Crippen molar-refractivity contribution in [1.82, 2.24) is 0 Å². The van der Waals surface area contributed by atoms with E-state index in [0.717, 1.165) is 17.3 Å². The average Bonchev–Trinajstić information content (AvgIpc) is 2.53. The molecule has 0 saturated heterocycles. The Hall–Kier alpha value is -0.540. The van der Waals surface area contributed by atoms with Gasteiger partial charge in [0.2, 0.25) is 5.91 Å². The molecule has 3 nitrogen and oxygen atoms in total. The van der Waals surface area contributed by atoms with Gasteiger partial charge in [-0.05, 0) is 26.2 Å². The van der Waals surface area contributed by atoms with Crippen LogP contribution in [-0.2, 0) is 4.79 Å². The average molecular weight is 375 g/mol. The van der Waals surface area contributed by atoms with Crippen LogP contribution in [0.4, 0.5) is 0 Å². The van der Waals surface area contributed by atoms with Crippen LogP contribution >= 0.6 is 0 Å². The largest absolute Gasteiger partial charge is 1.00 e. The highest BCUT2D eigenvalue weighted by atomic mass is 35.5. The van der Waals surface area contributed by atoms with E-state index in [4.69, 9.17) is 5.73 Å². The van der Waals surface area contributed by atoms with E-state index in [1.165, 1.54) is 77.3 Å². The van der Waals surface area contributed by atoms with Crippen LogP contribution in [0, 0.1) is 0 Å². The number of nitrogens with zero attached hydrogens (tertiary/aromatic N) is 1. The topological polar surface area (TPSA) is 43.1 Å². The Balaban J connectivity index is 0. The normalized spacial score (nSPS) is 12.1. The van der Waals surface area contributed by atoms with Crippen molar-refractivity contribution in [2.75, 3.05) is 27.2 Å². The minimum atomic E-state index is -0.297. The Kier molecular flexibility index (Phi) is 18.0. The van der Waals surface area contributed by atoms with Crippen LogP contribution in [0.25, 0.3) is 0 Å². The summed E-state index contributed by atoms with van der Waals surface area (Å²) in [6.07, 6.45) is 18.0. The molecule has 0 atom stereocenters. The third kappa shape index (κ3) is 18.1. The fraction of sp³-hybridized carbons (Fsp3) is 0.857. The third-order valence-electron chi connectivity index (χ3n) is 4.92. The maximum Gasteiger partial charge on any atom is 0.244 e. The summed E-state index contributed by atoms with van der Waals surface area (Å²) in [4.78, 5) is 11.0. The van der Waals surface area contributed by atoms with Gasteiger partial charge in [0.15, 0.2) is 0 Å². The van der Waals surface area contributed by atoms with Gasteiger partial charge in [-0.25, -0.2) is 0 Å². The highest BCUT2D eigenvalue weighted by molar-refractivity contribution is 5.91. The molecule has 150 valence electrons. The molecular formula is C21H43ClN2O. The molecule has 0 aromatic heterocycles. The number of quaternary nitrogens is 1. The zero-order chi connectivity index (χ0) is 18.3. The van der Waals surface area contributed by atoms with E-state index in [0.29, 0.717) is 5.57 Å². The number of amides is 1. The zero-order valence-corrected chi connectivity index (χ0v) is 18.0. The SMILES string of the molecule is CCCCCCCCCCCC[N+](C)(C)CCCC=C(C)C(N)=O.[Cl-]. The highest BCUT2D eigenvalue weighted by Gasteiger charge is 2.13. The smallest absolute Gasteiger partial charge is 0.244 e.